The number of hydrogen-bond donors (Lipinski definition) is 1. The highest BCUT2D eigenvalue weighted by Crippen LogP contribution is 2.28. The van der Waals surface area contributed by atoms with E-state index in [1.807, 2.05) is 0 Å². The molecular formula is C8H16O3S. The molecule has 1 aliphatic carbocycles. The SMILES string of the molecule is CS(=O)(=O)CC(O)C1CCCC1. The van der Waals surface area contributed by atoms with Crippen molar-refractivity contribution < 1.29 is 13.5 Å². The number of hydrogen-bond acceptors (Lipinski definition) is 3. The minimum Gasteiger partial charge on any atom is -0.392 e. The minimum atomic E-state index is -3.01. The van der Waals surface area contributed by atoms with Crippen LogP contribution in [0.15, 0.2) is 0 Å². The second-order valence-corrected chi connectivity index (χ2v) is 5.89. The third kappa shape index (κ3) is 3.11. The Morgan fingerprint density at radius 3 is 2.33 bits per heavy atom. The van der Waals surface area contributed by atoms with Crippen molar-refractivity contribution in [2.75, 3.05) is 12.0 Å². The van der Waals surface area contributed by atoms with Gasteiger partial charge in [0.15, 0.2) is 0 Å². The zero-order chi connectivity index (χ0) is 9.19. The molecule has 0 aromatic rings. The third-order valence-corrected chi connectivity index (χ3v) is 3.36. The molecule has 12 heavy (non-hydrogen) atoms. The summed E-state index contributed by atoms with van der Waals surface area (Å²) in [5.74, 6) is 0.150. The average Bonchev–Trinajstić information content (AvgIpc) is 2.32. The molecule has 0 aliphatic heterocycles. The normalized spacial score (nSPS) is 22.8. The standard InChI is InChI=1S/C8H16O3S/c1-12(10,11)6-8(9)7-4-2-3-5-7/h7-9H,2-6H2,1H3. The summed E-state index contributed by atoms with van der Waals surface area (Å²) < 4.78 is 21.7. The van der Waals surface area contributed by atoms with E-state index in [0.717, 1.165) is 25.7 Å². The van der Waals surface area contributed by atoms with Crippen molar-refractivity contribution in [3.8, 4) is 0 Å². The van der Waals surface area contributed by atoms with Crippen molar-refractivity contribution in [2.24, 2.45) is 5.92 Å². The van der Waals surface area contributed by atoms with Gasteiger partial charge >= 0.3 is 0 Å². The van der Waals surface area contributed by atoms with E-state index in [1.54, 1.807) is 0 Å². The Balaban J connectivity index is 2.42. The maximum atomic E-state index is 10.8. The Morgan fingerprint density at radius 2 is 1.92 bits per heavy atom. The predicted molar refractivity (Wildman–Crippen MR) is 47.7 cm³/mol. The Morgan fingerprint density at radius 1 is 1.42 bits per heavy atom. The monoisotopic (exact) mass is 192 g/mol. The molecule has 0 radical (unpaired) electrons. The highest BCUT2D eigenvalue weighted by atomic mass is 32.2. The van der Waals surface area contributed by atoms with Crippen LogP contribution in [0.3, 0.4) is 0 Å². The summed E-state index contributed by atoms with van der Waals surface area (Å²) in [5, 5.41) is 9.51. The van der Waals surface area contributed by atoms with Crippen molar-refractivity contribution >= 4 is 9.84 Å². The summed E-state index contributed by atoms with van der Waals surface area (Å²) in [4.78, 5) is 0. The van der Waals surface area contributed by atoms with Gasteiger partial charge in [-0.05, 0) is 18.8 Å². The van der Waals surface area contributed by atoms with Crippen molar-refractivity contribution in [2.45, 2.75) is 31.8 Å². The van der Waals surface area contributed by atoms with Crippen LogP contribution >= 0.6 is 0 Å². The van der Waals surface area contributed by atoms with Gasteiger partial charge in [-0.1, -0.05) is 12.8 Å². The van der Waals surface area contributed by atoms with Crippen molar-refractivity contribution in [1.29, 1.82) is 0 Å². The summed E-state index contributed by atoms with van der Waals surface area (Å²) in [6.07, 6.45) is 4.76. The van der Waals surface area contributed by atoms with E-state index >= 15 is 0 Å². The fraction of sp³-hybridized carbons (Fsp3) is 1.00. The van der Waals surface area contributed by atoms with Gasteiger partial charge in [0.2, 0.25) is 0 Å². The van der Waals surface area contributed by atoms with E-state index in [-0.39, 0.29) is 11.7 Å². The van der Waals surface area contributed by atoms with Gasteiger partial charge in [-0.15, -0.1) is 0 Å². The first kappa shape index (κ1) is 9.99. The summed E-state index contributed by atoms with van der Waals surface area (Å²) in [5.41, 5.74) is 0. The summed E-state index contributed by atoms with van der Waals surface area (Å²) in [6.45, 7) is 0. The molecule has 3 nitrogen and oxygen atoms in total. The van der Waals surface area contributed by atoms with Crippen molar-refractivity contribution in [3.05, 3.63) is 0 Å². The molecule has 1 fully saturated rings. The number of rotatable bonds is 3. The first-order chi connectivity index (χ1) is 5.49. The highest BCUT2D eigenvalue weighted by Gasteiger charge is 2.25. The van der Waals surface area contributed by atoms with Crippen molar-refractivity contribution in [3.63, 3.8) is 0 Å². The predicted octanol–water partition coefficient (Wildman–Crippen LogP) is 0.582. The summed E-state index contributed by atoms with van der Waals surface area (Å²) in [6, 6.07) is 0. The zero-order valence-corrected chi connectivity index (χ0v) is 8.18. The minimum absolute atomic E-state index is 0.0718. The lowest BCUT2D eigenvalue weighted by Crippen LogP contribution is -2.26. The number of aliphatic hydroxyl groups excluding tert-OH is 1. The molecule has 1 atom stereocenters. The molecule has 0 amide bonds. The van der Waals surface area contributed by atoms with Gasteiger partial charge in [0, 0.05) is 6.26 Å². The molecular weight excluding hydrogens is 176 g/mol. The molecule has 0 aromatic heterocycles. The van der Waals surface area contributed by atoms with Crippen LogP contribution in [0.5, 0.6) is 0 Å². The van der Waals surface area contributed by atoms with Crippen LogP contribution in [0, 0.1) is 5.92 Å². The third-order valence-electron chi connectivity index (χ3n) is 2.42. The molecule has 0 saturated heterocycles. The lowest BCUT2D eigenvalue weighted by molar-refractivity contribution is 0.132. The second kappa shape index (κ2) is 3.75. The van der Waals surface area contributed by atoms with Crippen LogP contribution in [-0.4, -0.2) is 31.6 Å². The van der Waals surface area contributed by atoms with Crippen LogP contribution < -0.4 is 0 Å². The maximum absolute atomic E-state index is 10.8. The molecule has 4 heteroatoms. The van der Waals surface area contributed by atoms with Gasteiger partial charge in [-0.25, -0.2) is 8.42 Å². The quantitative estimate of drug-likeness (QED) is 0.711. The number of aliphatic hydroxyl groups is 1. The van der Waals surface area contributed by atoms with Gasteiger partial charge in [0.1, 0.15) is 9.84 Å². The van der Waals surface area contributed by atoms with E-state index in [9.17, 15) is 13.5 Å². The van der Waals surface area contributed by atoms with E-state index in [4.69, 9.17) is 0 Å². The first-order valence-corrected chi connectivity index (χ1v) is 6.41. The lowest BCUT2D eigenvalue weighted by Gasteiger charge is -2.15. The molecule has 1 unspecified atom stereocenters. The Hall–Kier alpha value is -0.0900. The fourth-order valence-electron chi connectivity index (χ4n) is 1.79. The maximum Gasteiger partial charge on any atom is 0.150 e. The Labute approximate surface area is 73.7 Å². The highest BCUT2D eigenvalue weighted by molar-refractivity contribution is 7.90. The average molecular weight is 192 g/mol. The molecule has 1 N–H and O–H groups in total. The summed E-state index contributed by atoms with van der Waals surface area (Å²) in [7, 11) is -3.01. The Bertz CT molecular complexity index is 227. The van der Waals surface area contributed by atoms with Crippen LogP contribution in [-0.2, 0) is 9.84 Å². The van der Waals surface area contributed by atoms with Crippen LogP contribution in [0.4, 0.5) is 0 Å². The van der Waals surface area contributed by atoms with Crippen LogP contribution in [0.1, 0.15) is 25.7 Å². The largest absolute Gasteiger partial charge is 0.392 e. The topological polar surface area (TPSA) is 54.4 Å². The molecule has 1 rings (SSSR count). The smallest absolute Gasteiger partial charge is 0.150 e. The van der Waals surface area contributed by atoms with E-state index in [2.05, 4.69) is 0 Å². The molecule has 0 aromatic carbocycles. The Kier molecular flexibility index (Phi) is 3.12. The van der Waals surface area contributed by atoms with Crippen LogP contribution in [0.25, 0.3) is 0 Å². The molecule has 0 bridgehead atoms. The van der Waals surface area contributed by atoms with E-state index in [1.165, 1.54) is 6.26 Å². The molecule has 0 heterocycles. The van der Waals surface area contributed by atoms with Crippen LogP contribution in [0.2, 0.25) is 0 Å². The first-order valence-electron chi connectivity index (χ1n) is 4.35. The van der Waals surface area contributed by atoms with Gasteiger partial charge in [0.25, 0.3) is 0 Å². The van der Waals surface area contributed by atoms with E-state index < -0.39 is 15.9 Å². The summed E-state index contributed by atoms with van der Waals surface area (Å²) >= 11 is 0. The molecule has 1 aliphatic rings. The molecule has 0 spiro atoms. The van der Waals surface area contributed by atoms with E-state index in [0.29, 0.717) is 0 Å². The van der Waals surface area contributed by atoms with Gasteiger partial charge in [-0.2, -0.15) is 0 Å². The number of sulfone groups is 1. The van der Waals surface area contributed by atoms with Gasteiger partial charge in [0.05, 0.1) is 11.9 Å². The molecule has 72 valence electrons. The second-order valence-electron chi connectivity index (χ2n) is 3.70. The fourth-order valence-corrected chi connectivity index (χ4v) is 2.68. The zero-order valence-electron chi connectivity index (χ0n) is 7.36. The van der Waals surface area contributed by atoms with Gasteiger partial charge in [-0.3, -0.25) is 0 Å². The lowest BCUT2D eigenvalue weighted by atomic mass is 10.0. The van der Waals surface area contributed by atoms with Crippen molar-refractivity contribution in [1.82, 2.24) is 0 Å². The van der Waals surface area contributed by atoms with Gasteiger partial charge < -0.3 is 5.11 Å². The molecule has 1 saturated carbocycles.